The topological polar surface area (TPSA) is 32.5 Å². The number of benzene rings is 1. The van der Waals surface area contributed by atoms with Crippen LogP contribution >= 0.6 is 11.6 Å². The highest BCUT2D eigenvalue weighted by atomic mass is 35.5. The Bertz CT molecular complexity index is 423. The van der Waals surface area contributed by atoms with Gasteiger partial charge in [0.25, 0.3) is 0 Å². The molecule has 2 atom stereocenters. The summed E-state index contributed by atoms with van der Waals surface area (Å²) < 4.78 is 0. The predicted molar refractivity (Wildman–Crippen MR) is 83.1 cm³/mol. The molecule has 1 aliphatic heterocycles. The molecule has 1 aromatic carbocycles. The van der Waals surface area contributed by atoms with Gasteiger partial charge in [0.15, 0.2) is 0 Å². The maximum absolute atomic E-state index is 6.17. The maximum Gasteiger partial charge on any atom is 0.0426 e. The monoisotopic (exact) mass is 281 g/mol. The van der Waals surface area contributed by atoms with Crippen molar-refractivity contribution < 1.29 is 0 Å². The molecule has 0 spiro atoms. The van der Waals surface area contributed by atoms with Crippen molar-refractivity contribution in [3.05, 3.63) is 28.8 Å². The number of piperazine rings is 1. The Morgan fingerprint density at radius 1 is 1.26 bits per heavy atom. The van der Waals surface area contributed by atoms with Crippen molar-refractivity contribution in [1.29, 1.82) is 0 Å². The number of halogens is 1. The summed E-state index contributed by atoms with van der Waals surface area (Å²) in [7, 11) is 2.20. The van der Waals surface area contributed by atoms with Crippen molar-refractivity contribution in [2.45, 2.75) is 32.4 Å². The van der Waals surface area contributed by atoms with Crippen LogP contribution in [0.5, 0.6) is 0 Å². The molecule has 19 heavy (non-hydrogen) atoms. The van der Waals surface area contributed by atoms with E-state index in [1.165, 1.54) is 11.3 Å². The summed E-state index contributed by atoms with van der Waals surface area (Å²) in [6.45, 7) is 7.30. The van der Waals surface area contributed by atoms with E-state index >= 15 is 0 Å². The van der Waals surface area contributed by atoms with Crippen LogP contribution < -0.4 is 10.6 Å². The average molecular weight is 282 g/mol. The molecule has 4 heteroatoms. The first kappa shape index (κ1) is 14.6. The molecule has 1 aromatic rings. The van der Waals surface area contributed by atoms with E-state index in [1.54, 1.807) is 0 Å². The number of hydrogen-bond donors (Lipinski definition) is 1. The van der Waals surface area contributed by atoms with E-state index in [2.05, 4.69) is 42.8 Å². The second kappa shape index (κ2) is 6.12. The Hall–Kier alpha value is -0.770. The van der Waals surface area contributed by atoms with Gasteiger partial charge in [-0.3, -0.25) is 4.90 Å². The molecule has 2 unspecified atom stereocenters. The largest absolute Gasteiger partial charge is 0.368 e. The zero-order valence-corrected chi connectivity index (χ0v) is 12.8. The van der Waals surface area contributed by atoms with Crippen LogP contribution in [0.15, 0.2) is 18.2 Å². The molecule has 0 bridgehead atoms. The normalized spacial score (nSPS) is 24.8. The molecule has 106 valence electrons. The Labute approximate surface area is 121 Å². The summed E-state index contributed by atoms with van der Waals surface area (Å²) in [4.78, 5) is 4.88. The van der Waals surface area contributed by atoms with Crippen LogP contribution in [0.2, 0.25) is 5.02 Å². The summed E-state index contributed by atoms with van der Waals surface area (Å²) in [5.74, 6) is 0. The fourth-order valence-corrected chi connectivity index (χ4v) is 2.97. The van der Waals surface area contributed by atoms with Crippen molar-refractivity contribution in [1.82, 2.24) is 4.90 Å². The highest BCUT2D eigenvalue weighted by Crippen LogP contribution is 2.28. The van der Waals surface area contributed by atoms with Crippen molar-refractivity contribution >= 4 is 17.3 Å². The Kier molecular flexibility index (Phi) is 4.71. The molecule has 0 saturated carbocycles. The minimum Gasteiger partial charge on any atom is -0.368 e. The maximum atomic E-state index is 6.17. The van der Waals surface area contributed by atoms with Gasteiger partial charge in [0.1, 0.15) is 0 Å². The molecule has 2 rings (SSSR count). The van der Waals surface area contributed by atoms with Crippen LogP contribution in [0.1, 0.15) is 19.4 Å². The molecule has 0 amide bonds. The standard InChI is InChI=1S/C15H24ClN3/c1-11-9-19(10-12(2)18(11)3)15-8-14(16)5-4-13(15)6-7-17/h4-5,8,11-12H,6-7,9-10,17H2,1-3H3. The van der Waals surface area contributed by atoms with Crippen LogP contribution in [-0.4, -0.2) is 43.7 Å². The first-order valence-electron chi connectivity index (χ1n) is 6.98. The van der Waals surface area contributed by atoms with Crippen molar-refractivity contribution in [2.24, 2.45) is 5.73 Å². The van der Waals surface area contributed by atoms with Gasteiger partial charge in [0, 0.05) is 35.9 Å². The molecule has 0 aliphatic carbocycles. The molecule has 3 nitrogen and oxygen atoms in total. The highest BCUT2D eigenvalue weighted by molar-refractivity contribution is 6.30. The molecular formula is C15H24ClN3. The molecule has 1 heterocycles. The first-order valence-corrected chi connectivity index (χ1v) is 7.36. The van der Waals surface area contributed by atoms with E-state index in [0.717, 1.165) is 24.5 Å². The van der Waals surface area contributed by atoms with E-state index in [0.29, 0.717) is 18.6 Å². The minimum atomic E-state index is 0.549. The third-order valence-electron chi connectivity index (χ3n) is 4.16. The Balaban J connectivity index is 2.27. The first-order chi connectivity index (χ1) is 9.02. The van der Waals surface area contributed by atoms with Gasteiger partial charge in [-0.25, -0.2) is 0 Å². The van der Waals surface area contributed by atoms with Gasteiger partial charge in [-0.15, -0.1) is 0 Å². The number of hydrogen-bond acceptors (Lipinski definition) is 3. The minimum absolute atomic E-state index is 0.549. The van der Waals surface area contributed by atoms with E-state index in [-0.39, 0.29) is 0 Å². The molecule has 1 saturated heterocycles. The van der Waals surface area contributed by atoms with Crippen molar-refractivity contribution in [2.75, 3.05) is 31.6 Å². The number of rotatable bonds is 3. The van der Waals surface area contributed by atoms with Crippen LogP contribution in [0, 0.1) is 0 Å². The third-order valence-corrected chi connectivity index (χ3v) is 4.40. The molecule has 2 N–H and O–H groups in total. The van der Waals surface area contributed by atoms with E-state index in [4.69, 9.17) is 17.3 Å². The van der Waals surface area contributed by atoms with E-state index in [1.807, 2.05) is 6.07 Å². The summed E-state index contributed by atoms with van der Waals surface area (Å²) in [5, 5.41) is 0.801. The van der Waals surface area contributed by atoms with Gasteiger partial charge in [0.05, 0.1) is 0 Å². The molecule has 0 aromatic heterocycles. The van der Waals surface area contributed by atoms with Crippen LogP contribution in [0.4, 0.5) is 5.69 Å². The SMILES string of the molecule is CC1CN(c2cc(Cl)ccc2CCN)CC(C)N1C. The van der Waals surface area contributed by atoms with Crippen LogP contribution in [0.25, 0.3) is 0 Å². The summed E-state index contributed by atoms with van der Waals surface area (Å²) >= 11 is 6.17. The van der Waals surface area contributed by atoms with Crippen molar-refractivity contribution in [3.8, 4) is 0 Å². The summed E-state index contributed by atoms with van der Waals surface area (Å²) in [6.07, 6.45) is 0.904. The van der Waals surface area contributed by atoms with Crippen LogP contribution in [-0.2, 0) is 6.42 Å². The smallest absolute Gasteiger partial charge is 0.0426 e. The third kappa shape index (κ3) is 3.22. The molecular weight excluding hydrogens is 258 g/mol. The highest BCUT2D eigenvalue weighted by Gasteiger charge is 2.27. The second-order valence-electron chi connectivity index (χ2n) is 5.58. The molecule has 1 aliphatic rings. The molecule has 0 radical (unpaired) electrons. The Morgan fingerprint density at radius 3 is 2.47 bits per heavy atom. The number of anilines is 1. The summed E-state index contributed by atoms with van der Waals surface area (Å²) in [6, 6.07) is 7.25. The van der Waals surface area contributed by atoms with E-state index in [9.17, 15) is 0 Å². The molecule has 1 fully saturated rings. The fourth-order valence-electron chi connectivity index (χ4n) is 2.80. The number of nitrogens with two attached hydrogens (primary N) is 1. The van der Waals surface area contributed by atoms with Crippen molar-refractivity contribution in [3.63, 3.8) is 0 Å². The second-order valence-corrected chi connectivity index (χ2v) is 6.02. The fraction of sp³-hybridized carbons (Fsp3) is 0.600. The lowest BCUT2D eigenvalue weighted by molar-refractivity contribution is 0.170. The van der Waals surface area contributed by atoms with Crippen LogP contribution in [0.3, 0.4) is 0 Å². The van der Waals surface area contributed by atoms with E-state index < -0.39 is 0 Å². The van der Waals surface area contributed by atoms with Gasteiger partial charge >= 0.3 is 0 Å². The lowest BCUT2D eigenvalue weighted by atomic mass is 10.0. The summed E-state index contributed by atoms with van der Waals surface area (Å²) in [5.41, 5.74) is 8.27. The zero-order chi connectivity index (χ0) is 14.0. The Morgan fingerprint density at radius 2 is 1.89 bits per heavy atom. The number of likely N-dealkylation sites (N-methyl/N-ethyl adjacent to an activating group) is 1. The van der Waals surface area contributed by atoms with Gasteiger partial charge in [-0.05, 0) is 51.6 Å². The number of nitrogens with zero attached hydrogens (tertiary/aromatic N) is 2. The van der Waals surface area contributed by atoms with Gasteiger partial charge in [-0.1, -0.05) is 17.7 Å². The average Bonchev–Trinajstić information content (AvgIpc) is 2.37. The lowest BCUT2D eigenvalue weighted by Gasteiger charge is -2.44. The van der Waals surface area contributed by atoms with Gasteiger partial charge < -0.3 is 10.6 Å². The predicted octanol–water partition coefficient (Wildman–Crippen LogP) is 2.37. The quantitative estimate of drug-likeness (QED) is 0.923. The lowest BCUT2D eigenvalue weighted by Crippen LogP contribution is -2.55. The zero-order valence-electron chi connectivity index (χ0n) is 12.1. The van der Waals surface area contributed by atoms with Gasteiger partial charge in [0.2, 0.25) is 0 Å². The van der Waals surface area contributed by atoms with Gasteiger partial charge in [-0.2, -0.15) is 0 Å².